The Morgan fingerprint density at radius 3 is 2.89 bits per heavy atom. The van der Waals surface area contributed by atoms with Gasteiger partial charge in [0.05, 0.1) is 6.10 Å². The summed E-state index contributed by atoms with van der Waals surface area (Å²) in [7, 11) is 1.77. The van der Waals surface area contributed by atoms with Crippen LogP contribution < -0.4 is 10.1 Å². The summed E-state index contributed by atoms with van der Waals surface area (Å²) >= 11 is 0. The molecule has 0 unspecified atom stereocenters. The quantitative estimate of drug-likeness (QED) is 0.777. The Morgan fingerprint density at radius 1 is 1.39 bits per heavy atom. The largest absolute Gasteiger partial charge is 0.481 e. The average Bonchev–Trinajstić information content (AvgIpc) is 2.36. The van der Waals surface area contributed by atoms with E-state index in [4.69, 9.17) is 15.9 Å². The topological polar surface area (TPSA) is 30.5 Å². The van der Waals surface area contributed by atoms with Crippen molar-refractivity contribution < 1.29 is 9.47 Å². The highest BCUT2D eigenvalue weighted by Crippen LogP contribution is 2.24. The van der Waals surface area contributed by atoms with Crippen LogP contribution in [0.25, 0.3) is 0 Å². The van der Waals surface area contributed by atoms with Gasteiger partial charge in [-0.05, 0) is 18.9 Å². The van der Waals surface area contributed by atoms with Gasteiger partial charge in [-0.15, -0.1) is 6.42 Å². The molecule has 0 heterocycles. The van der Waals surface area contributed by atoms with E-state index in [0.29, 0.717) is 18.8 Å². The minimum atomic E-state index is 0.312. The number of nitrogens with one attached hydrogen (secondary N) is 1. The van der Waals surface area contributed by atoms with Crippen LogP contribution in [0.1, 0.15) is 18.4 Å². The summed E-state index contributed by atoms with van der Waals surface area (Å²) in [6.45, 7) is 1.12. The van der Waals surface area contributed by atoms with Gasteiger partial charge in [-0.25, -0.2) is 0 Å². The molecule has 0 bridgehead atoms. The van der Waals surface area contributed by atoms with Crippen molar-refractivity contribution in [2.45, 2.75) is 31.5 Å². The highest BCUT2D eigenvalue weighted by Gasteiger charge is 2.28. The molecule has 1 fully saturated rings. The lowest BCUT2D eigenvalue weighted by atomic mass is 9.89. The first-order valence-corrected chi connectivity index (χ1v) is 6.24. The predicted octanol–water partition coefficient (Wildman–Crippen LogP) is 1.97. The van der Waals surface area contributed by atoms with Crippen molar-refractivity contribution in [2.24, 2.45) is 0 Å². The lowest BCUT2D eigenvalue weighted by molar-refractivity contribution is 0.0169. The zero-order valence-corrected chi connectivity index (χ0v) is 10.7. The van der Waals surface area contributed by atoms with E-state index >= 15 is 0 Å². The maximum atomic E-state index is 5.51. The molecule has 96 valence electrons. The minimum absolute atomic E-state index is 0.312. The predicted molar refractivity (Wildman–Crippen MR) is 71.4 cm³/mol. The van der Waals surface area contributed by atoms with Crippen molar-refractivity contribution in [2.75, 3.05) is 13.7 Å². The van der Waals surface area contributed by atoms with Gasteiger partial charge in [-0.2, -0.15) is 0 Å². The molecule has 0 spiro atoms. The van der Waals surface area contributed by atoms with Crippen LogP contribution in [-0.4, -0.2) is 25.9 Å². The number of para-hydroxylation sites is 1. The first kappa shape index (κ1) is 12.9. The maximum Gasteiger partial charge on any atom is 0.148 e. The Labute approximate surface area is 108 Å². The van der Waals surface area contributed by atoms with Gasteiger partial charge in [0.1, 0.15) is 12.4 Å². The van der Waals surface area contributed by atoms with Gasteiger partial charge in [-0.3, -0.25) is 0 Å². The van der Waals surface area contributed by atoms with Gasteiger partial charge in [0.2, 0.25) is 0 Å². The summed E-state index contributed by atoms with van der Waals surface area (Å²) in [5, 5.41) is 3.50. The van der Waals surface area contributed by atoms with E-state index in [1.54, 1.807) is 7.11 Å². The second kappa shape index (κ2) is 6.44. The molecule has 0 atom stereocenters. The van der Waals surface area contributed by atoms with Crippen molar-refractivity contribution in [1.29, 1.82) is 0 Å². The number of hydrogen-bond donors (Lipinski definition) is 1. The van der Waals surface area contributed by atoms with E-state index in [1.807, 2.05) is 18.2 Å². The minimum Gasteiger partial charge on any atom is -0.481 e. The fraction of sp³-hybridized carbons (Fsp3) is 0.467. The van der Waals surface area contributed by atoms with Crippen molar-refractivity contribution in [3.05, 3.63) is 29.8 Å². The molecule has 1 aromatic carbocycles. The Kier molecular flexibility index (Phi) is 4.63. The summed E-state index contributed by atoms with van der Waals surface area (Å²) < 4.78 is 10.8. The molecular weight excluding hydrogens is 226 g/mol. The Morgan fingerprint density at radius 2 is 2.17 bits per heavy atom. The molecule has 3 nitrogen and oxygen atoms in total. The second-order valence-corrected chi connectivity index (χ2v) is 4.51. The van der Waals surface area contributed by atoms with Gasteiger partial charge in [-0.1, -0.05) is 24.1 Å². The van der Waals surface area contributed by atoms with Crippen molar-refractivity contribution in [3.8, 4) is 18.1 Å². The maximum absolute atomic E-state index is 5.51. The smallest absolute Gasteiger partial charge is 0.148 e. The summed E-state index contributed by atoms with van der Waals surface area (Å²) in [6.07, 6.45) is 7.81. The van der Waals surface area contributed by atoms with Crippen LogP contribution in [0.3, 0.4) is 0 Å². The van der Waals surface area contributed by atoms with Crippen molar-refractivity contribution in [1.82, 2.24) is 5.32 Å². The molecule has 1 saturated carbocycles. The summed E-state index contributed by atoms with van der Waals surface area (Å²) in [5.41, 5.74) is 1.15. The fourth-order valence-corrected chi connectivity index (χ4v) is 2.09. The van der Waals surface area contributed by atoms with Gasteiger partial charge in [0.25, 0.3) is 0 Å². The first-order chi connectivity index (χ1) is 8.83. The van der Waals surface area contributed by atoms with E-state index in [0.717, 1.165) is 30.7 Å². The number of hydrogen-bond acceptors (Lipinski definition) is 3. The number of rotatable bonds is 6. The second-order valence-electron chi connectivity index (χ2n) is 4.51. The Bertz CT molecular complexity index is 419. The number of methoxy groups -OCH3 is 1. The Hall–Kier alpha value is -1.50. The molecular formula is C15H19NO2. The monoisotopic (exact) mass is 245 g/mol. The van der Waals surface area contributed by atoms with Crippen LogP contribution >= 0.6 is 0 Å². The fourth-order valence-electron chi connectivity index (χ4n) is 2.09. The highest BCUT2D eigenvalue weighted by atomic mass is 16.5. The van der Waals surface area contributed by atoms with E-state index in [9.17, 15) is 0 Å². The molecule has 0 aromatic heterocycles. The Balaban J connectivity index is 1.83. The lowest BCUT2D eigenvalue weighted by Gasteiger charge is -2.34. The van der Waals surface area contributed by atoms with Crippen LogP contribution in [-0.2, 0) is 11.3 Å². The zero-order valence-electron chi connectivity index (χ0n) is 10.7. The normalized spacial score (nSPS) is 22.0. The molecule has 2 rings (SSSR count). The third kappa shape index (κ3) is 3.25. The van der Waals surface area contributed by atoms with E-state index in [2.05, 4.69) is 17.3 Å². The summed E-state index contributed by atoms with van der Waals surface area (Å²) in [6, 6.07) is 8.53. The van der Waals surface area contributed by atoms with Crippen LogP contribution in [0.2, 0.25) is 0 Å². The molecule has 1 N–H and O–H groups in total. The van der Waals surface area contributed by atoms with Gasteiger partial charge in [0.15, 0.2) is 0 Å². The van der Waals surface area contributed by atoms with E-state index in [1.165, 1.54) is 0 Å². The first-order valence-electron chi connectivity index (χ1n) is 6.24. The van der Waals surface area contributed by atoms with Crippen LogP contribution in [0.5, 0.6) is 5.75 Å². The third-order valence-corrected chi connectivity index (χ3v) is 3.29. The van der Waals surface area contributed by atoms with E-state index < -0.39 is 0 Å². The molecule has 18 heavy (non-hydrogen) atoms. The average molecular weight is 245 g/mol. The molecule has 0 saturated heterocycles. The molecule has 1 aromatic rings. The van der Waals surface area contributed by atoms with Gasteiger partial charge >= 0.3 is 0 Å². The van der Waals surface area contributed by atoms with Crippen molar-refractivity contribution >= 4 is 0 Å². The molecule has 1 aliphatic rings. The molecule has 1 aliphatic carbocycles. The molecule has 0 amide bonds. The van der Waals surface area contributed by atoms with Crippen LogP contribution in [0.4, 0.5) is 0 Å². The summed E-state index contributed by atoms with van der Waals surface area (Å²) in [4.78, 5) is 0. The van der Waals surface area contributed by atoms with Gasteiger partial charge in [0, 0.05) is 25.3 Å². The standard InChI is InChI=1S/C15H19NO2/c1-3-8-18-15-7-5-4-6-12(15)11-16-13-9-14(10-13)17-2/h1,4-7,13-14,16H,8-11H2,2H3. The highest BCUT2D eigenvalue weighted by molar-refractivity contribution is 5.33. The zero-order chi connectivity index (χ0) is 12.8. The van der Waals surface area contributed by atoms with Crippen molar-refractivity contribution in [3.63, 3.8) is 0 Å². The van der Waals surface area contributed by atoms with Crippen LogP contribution in [0.15, 0.2) is 24.3 Å². The SMILES string of the molecule is C#CCOc1ccccc1CNC1CC(OC)C1. The molecule has 0 aliphatic heterocycles. The van der Waals surface area contributed by atoms with E-state index in [-0.39, 0.29) is 0 Å². The third-order valence-electron chi connectivity index (χ3n) is 3.29. The van der Waals surface area contributed by atoms with Gasteiger partial charge < -0.3 is 14.8 Å². The number of terminal acetylenes is 1. The van der Waals surface area contributed by atoms with Crippen LogP contribution in [0, 0.1) is 12.3 Å². The molecule has 3 heteroatoms. The number of ether oxygens (including phenoxy) is 2. The molecule has 0 radical (unpaired) electrons. The number of benzene rings is 1. The summed E-state index contributed by atoms with van der Waals surface area (Å²) in [5.74, 6) is 3.35. The lowest BCUT2D eigenvalue weighted by Crippen LogP contribution is -2.44.